The molecule has 0 aromatic carbocycles. The minimum Gasteiger partial charge on any atom is -0.480 e. The number of phosphoric ester groups is 1. The third kappa shape index (κ3) is 47.9. The van der Waals surface area contributed by atoms with Crippen LogP contribution in [0.1, 0.15) is 245 Å². The first-order chi connectivity index (χ1) is 32.1. The number of carboxylic acids is 1. The number of aliphatic hydroxyl groups is 1. The lowest BCUT2D eigenvalue weighted by Gasteiger charge is -2.18. The normalized spacial score (nSPS) is 13.9. The van der Waals surface area contributed by atoms with Crippen LogP contribution in [0.5, 0.6) is 0 Å². The Morgan fingerprint density at radius 1 is 0.485 bits per heavy atom. The van der Waals surface area contributed by atoms with E-state index in [1.54, 1.807) is 0 Å². The molecule has 0 radical (unpaired) electrons. The van der Waals surface area contributed by atoms with E-state index in [9.17, 15) is 34.1 Å². The number of ether oxygens (including phenoxy) is 1. The van der Waals surface area contributed by atoms with Gasteiger partial charge in [0.2, 0.25) is 5.91 Å². The van der Waals surface area contributed by atoms with Gasteiger partial charge < -0.3 is 25.2 Å². The molecule has 0 aliphatic carbocycles. The zero-order valence-electron chi connectivity index (χ0n) is 42.0. The second-order valence-corrected chi connectivity index (χ2v) is 19.5. The summed E-state index contributed by atoms with van der Waals surface area (Å²) in [6.07, 6.45) is 57.1. The maximum atomic E-state index is 12.4. The lowest BCUT2D eigenvalue weighted by molar-refractivity contribution is -0.147. The molecule has 11 nitrogen and oxygen atoms in total. The van der Waals surface area contributed by atoms with E-state index in [0.29, 0.717) is 12.8 Å². The number of esters is 1. The van der Waals surface area contributed by atoms with Crippen molar-refractivity contribution in [2.45, 2.75) is 257 Å². The highest BCUT2D eigenvalue weighted by Gasteiger charge is 2.28. The van der Waals surface area contributed by atoms with Crippen molar-refractivity contribution >= 4 is 25.7 Å². The van der Waals surface area contributed by atoms with Crippen molar-refractivity contribution in [3.05, 3.63) is 48.6 Å². The molecule has 0 fully saturated rings. The Balaban J connectivity index is 3.84. The summed E-state index contributed by atoms with van der Waals surface area (Å²) in [5.41, 5.74) is 0. The van der Waals surface area contributed by atoms with Crippen LogP contribution >= 0.6 is 7.82 Å². The smallest absolute Gasteiger partial charge is 0.472 e. The Morgan fingerprint density at radius 2 is 0.833 bits per heavy atom. The topological polar surface area (TPSA) is 169 Å². The summed E-state index contributed by atoms with van der Waals surface area (Å²) in [5, 5.41) is 21.9. The van der Waals surface area contributed by atoms with Crippen molar-refractivity contribution in [3.8, 4) is 0 Å². The van der Waals surface area contributed by atoms with Crippen molar-refractivity contribution in [2.75, 3.05) is 19.8 Å². The summed E-state index contributed by atoms with van der Waals surface area (Å²) in [6.45, 7) is 2.57. The summed E-state index contributed by atoms with van der Waals surface area (Å²) >= 11 is 0. The number of unbranched alkanes of at least 4 members (excludes halogenated alkanes) is 28. The van der Waals surface area contributed by atoms with Crippen LogP contribution in [0.15, 0.2) is 48.6 Å². The van der Waals surface area contributed by atoms with Gasteiger partial charge in [-0.25, -0.2) is 9.36 Å². The Bertz CT molecular complexity index is 1300. The average molecular weight is 952 g/mol. The van der Waals surface area contributed by atoms with Crippen molar-refractivity contribution in [2.24, 2.45) is 0 Å². The molecule has 0 aliphatic rings. The Labute approximate surface area is 403 Å². The third-order valence-electron chi connectivity index (χ3n) is 11.6. The molecule has 0 saturated heterocycles. The molecule has 3 unspecified atom stereocenters. The minimum absolute atomic E-state index is 0.146. The van der Waals surface area contributed by atoms with Gasteiger partial charge >= 0.3 is 19.8 Å². The standard InChI is InChI=1S/C54H98NO10P/c1-3-5-7-9-11-13-15-17-19-21-23-24-25-26-28-29-31-33-35-37-39-41-43-45-52(57)55-51(54(59)60)49-65-66(61,62)64-48-50(56)47-63-53(58)46-44-42-40-38-36-34-32-30-27-22-20-18-16-14-12-10-8-6-4-2/h12,14,18,20,27,30,34,36,50-51,56H,3-11,13,15-17,19,21-26,28-29,31-33,35,37-49H2,1-2H3,(H,55,57)(H,59,60)(H,61,62)/b14-12-,20-18-,30-27-,36-34-. The fraction of sp³-hybridized carbons (Fsp3) is 0.796. The molecule has 12 heteroatoms. The number of rotatable bonds is 50. The largest absolute Gasteiger partial charge is 0.480 e. The number of amides is 1. The molecule has 0 bridgehead atoms. The van der Waals surface area contributed by atoms with Crippen molar-refractivity contribution in [1.29, 1.82) is 0 Å². The quantitative estimate of drug-likeness (QED) is 0.0199. The first kappa shape index (κ1) is 63.4. The van der Waals surface area contributed by atoms with Gasteiger partial charge in [-0.2, -0.15) is 0 Å². The first-order valence-electron chi connectivity index (χ1n) is 26.7. The lowest BCUT2D eigenvalue weighted by atomic mass is 10.0. The van der Waals surface area contributed by atoms with Gasteiger partial charge in [0.15, 0.2) is 6.04 Å². The monoisotopic (exact) mass is 952 g/mol. The van der Waals surface area contributed by atoms with Gasteiger partial charge in [-0.3, -0.25) is 18.6 Å². The highest BCUT2D eigenvalue weighted by atomic mass is 31.2. The highest BCUT2D eigenvalue weighted by molar-refractivity contribution is 7.47. The van der Waals surface area contributed by atoms with Crippen LogP contribution in [-0.4, -0.2) is 64.9 Å². The molecule has 0 spiro atoms. The van der Waals surface area contributed by atoms with E-state index in [0.717, 1.165) is 57.8 Å². The first-order valence-corrected chi connectivity index (χ1v) is 28.2. The number of aliphatic hydroxyl groups excluding tert-OH is 1. The second-order valence-electron chi connectivity index (χ2n) is 18.1. The SMILES string of the molecule is CCCCC/C=C\C/C=C\C/C=C\C/C=C\CCCCCC(=O)OCC(O)COP(=O)(O)OCC(NC(=O)CCCCCCCCCCCCCCCCCCCCCCCCC)C(=O)O. The van der Waals surface area contributed by atoms with E-state index in [4.69, 9.17) is 13.8 Å². The predicted octanol–water partition coefficient (Wildman–Crippen LogP) is 14.9. The fourth-order valence-corrected chi connectivity index (χ4v) is 8.25. The fourth-order valence-electron chi connectivity index (χ4n) is 7.48. The number of nitrogens with one attached hydrogen (secondary N) is 1. The van der Waals surface area contributed by atoms with Gasteiger partial charge in [0, 0.05) is 12.8 Å². The number of aliphatic carboxylic acids is 1. The van der Waals surface area contributed by atoms with Crippen LogP contribution in [0.4, 0.5) is 0 Å². The van der Waals surface area contributed by atoms with Crippen LogP contribution in [0.3, 0.4) is 0 Å². The van der Waals surface area contributed by atoms with Crippen LogP contribution in [-0.2, 0) is 32.7 Å². The van der Waals surface area contributed by atoms with E-state index in [2.05, 4.69) is 67.8 Å². The predicted molar refractivity (Wildman–Crippen MR) is 272 cm³/mol. The number of carboxylic acid groups (broad SMARTS) is 1. The second kappa shape index (κ2) is 48.9. The Kier molecular flexibility index (Phi) is 47.0. The summed E-state index contributed by atoms with van der Waals surface area (Å²) < 4.78 is 26.9. The molecule has 4 N–H and O–H groups in total. The van der Waals surface area contributed by atoms with E-state index < -0.39 is 57.6 Å². The number of carbonyl (C=O) groups excluding carboxylic acids is 2. The number of carbonyl (C=O) groups is 3. The highest BCUT2D eigenvalue weighted by Crippen LogP contribution is 2.43. The molecular weight excluding hydrogens is 854 g/mol. The van der Waals surface area contributed by atoms with Crippen molar-refractivity contribution < 1.29 is 47.8 Å². The number of hydrogen-bond acceptors (Lipinski definition) is 8. The summed E-state index contributed by atoms with van der Waals surface area (Å²) in [7, 11) is -4.77. The molecule has 0 saturated carbocycles. The average Bonchev–Trinajstić information content (AvgIpc) is 3.29. The maximum Gasteiger partial charge on any atom is 0.472 e. The zero-order valence-corrected chi connectivity index (χ0v) is 42.9. The van der Waals surface area contributed by atoms with Crippen LogP contribution in [0, 0.1) is 0 Å². The number of phosphoric acid groups is 1. The molecule has 384 valence electrons. The molecule has 0 rings (SSSR count). The van der Waals surface area contributed by atoms with Gasteiger partial charge in [-0.1, -0.05) is 223 Å². The van der Waals surface area contributed by atoms with Crippen molar-refractivity contribution in [1.82, 2.24) is 5.32 Å². The molecular formula is C54H98NO10P. The van der Waals surface area contributed by atoms with Gasteiger partial charge in [0.05, 0.1) is 13.2 Å². The van der Waals surface area contributed by atoms with E-state index in [-0.39, 0.29) is 12.8 Å². The van der Waals surface area contributed by atoms with Crippen molar-refractivity contribution in [3.63, 3.8) is 0 Å². The van der Waals surface area contributed by atoms with E-state index in [1.807, 2.05) is 0 Å². The Morgan fingerprint density at radius 3 is 1.27 bits per heavy atom. The third-order valence-corrected chi connectivity index (χ3v) is 12.6. The minimum atomic E-state index is -4.77. The molecule has 0 aliphatic heterocycles. The van der Waals surface area contributed by atoms with Gasteiger partial charge in [-0.05, 0) is 57.8 Å². The van der Waals surface area contributed by atoms with Gasteiger partial charge in [0.25, 0.3) is 0 Å². The molecule has 0 aromatic rings. The van der Waals surface area contributed by atoms with Gasteiger partial charge in [-0.15, -0.1) is 0 Å². The summed E-state index contributed by atoms with van der Waals surface area (Å²) in [6, 6.07) is -1.55. The Hall–Kier alpha value is -2.56. The van der Waals surface area contributed by atoms with Crippen LogP contribution in [0.25, 0.3) is 0 Å². The van der Waals surface area contributed by atoms with Crippen LogP contribution in [0.2, 0.25) is 0 Å². The molecule has 0 heterocycles. The van der Waals surface area contributed by atoms with E-state index >= 15 is 0 Å². The van der Waals surface area contributed by atoms with Crippen LogP contribution < -0.4 is 5.32 Å². The molecule has 3 atom stereocenters. The summed E-state index contributed by atoms with van der Waals surface area (Å²) in [4.78, 5) is 46.2. The van der Waals surface area contributed by atoms with Gasteiger partial charge in [0.1, 0.15) is 12.7 Å². The lowest BCUT2D eigenvalue weighted by Crippen LogP contribution is -2.43. The molecule has 0 aromatic heterocycles. The summed E-state index contributed by atoms with van der Waals surface area (Å²) in [5.74, 6) is -2.40. The zero-order chi connectivity index (χ0) is 48.4. The van der Waals surface area contributed by atoms with E-state index in [1.165, 1.54) is 148 Å². The molecule has 1 amide bonds. The molecule has 66 heavy (non-hydrogen) atoms. The number of allylic oxidation sites excluding steroid dienone is 8. The number of hydrogen-bond donors (Lipinski definition) is 4. The maximum absolute atomic E-state index is 12.4.